The lowest BCUT2D eigenvalue weighted by Gasteiger charge is -2.18. The molecule has 1 atom stereocenters. The SMILES string of the molecule is O=C(NC1CC1)N[C@H]1CC(=O)N(c2ccc(Oc3ccccc3)cc2)C1. The van der Waals surface area contributed by atoms with Crippen LogP contribution >= 0.6 is 0 Å². The maximum atomic E-state index is 12.3. The maximum Gasteiger partial charge on any atom is 0.315 e. The zero-order valence-corrected chi connectivity index (χ0v) is 14.4. The highest BCUT2D eigenvalue weighted by Gasteiger charge is 2.32. The number of nitrogens with one attached hydrogen (secondary N) is 2. The molecule has 1 aliphatic heterocycles. The summed E-state index contributed by atoms with van der Waals surface area (Å²) in [5.41, 5.74) is 0.808. The number of carbonyl (C=O) groups is 2. The lowest BCUT2D eigenvalue weighted by Crippen LogP contribution is -2.44. The van der Waals surface area contributed by atoms with Crippen LogP contribution in [-0.4, -0.2) is 30.6 Å². The maximum absolute atomic E-state index is 12.3. The summed E-state index contributed by atoms with van der Waals surface area (Å²) in [5.74, 6) is 1.49. The average Bonchev–Trinajstić information content (AvgIpc) is 3.37. The predicted molar refractivity (Wildman–Crippen MR) is 98.4 cm³/mol. The van der Waals surface area contributed by atoms with Gasteiger partial charge in [0.05, 0.1) is 6.04 Å². The Labute approximate surface area is 152 Å². The van der Waals surface area contributed by atoms with E-state index in [4.69, 9.17) is 4.74 Å². The molecule has 0 bridgehead atoms. The number of amides is 3. The van der Waals surface area contributed by atoms with Crippen molar-refractivity contribution in [3.63, 3.8) is 0 Å². The van der Waals surface area contributed by atoms with Crippen molar-refractivity contribution in [3.05, 3.63) is 54.6 Å². The van der Waals surface area contributed by atoms with Crippen LogP contribution in [0, 0.1) is 0 Å². The molecule has 4 rings (SSSR count). The smallest absolute Gasteiger partial charge is 0.315 e. The lowest BCUT2D eigenvalue weighted by atomic mass is 10.2. The summed E-state index contributed by atoms with van der Waals surface area (Å²) >= 11 is 0. The van der Waals surface area contributed by atoms with Gasteiger partial charge in [0.2, 0.25) is 5.91 Å². The van der Waals surface area contributed by atoms with E-state index >= 15 is 0 Å². The van der Waals surface area contributed by atoms with Gasteiger partial charge < -0.3 is 20.3 Å². The van der Waals surface area contributed by atoms with E-state index in [1.54, 1.807) is 4.90 Å². The second-order valence-electron chi connectivity index (χ2n) is 6.71. The van der Waals surface area contributed by atoms with Crippen LogP contribution in [-0.2, 0) is 4.79 Å². The molecule has 6 nitrogen and oxygen atoms in total. The highest BCUT2D eigenvalue weighted by Crippen LogP contribution is 2.27. The van der Waals surface area contributed by atoms with E-state index in [-0.39, 0.29) is 18.0 Å². The van der Waals surface area contributed by atoms with Crippen molar-refractivity contribution in [2.45, 2.75) is 31.3 Å². The first-order valence-electron chi connectivity index (χ1n) is 8.88. The van der Waals surface area contributed by atoms with Crippen molar-refractivity contribution >= 4 is 17.6 Å². The van der Waals surface area contributed by atoms with E-state index in [1.807, 2.05) is 54.6 Å². The minimum Gasteiger partial charge on any atom is -0.457 e. The van der Waals surface area contributed by atoms with Gasteiger partial charge in [-0.05, 0) is 49.2 Å². The molecule has 6 heteroatoms. The highest BCUT2D eigenvalue weighted by molar-refractivity contribution is 5.96. The van der Waals surface area contributed by atoms with Crippen LogP contribution in [0.25, 0.3) is 0 Å². The van der Waals surface area contributed by atoms with E-state index < -0.39 is 0 Å². The first-order chi connectivity index (χ1) is 12.7. The largest absolute Gasteiger partial charge is 0.457 e. The van der Waals surface area contributed by atoms with Crippen LogP contribution in [0.2, 0.25) is 0 Å². The van der Waals surface area contributed by atoms with E-state index in [2.05, 4.69) is 10.6 Å². The number of carbonyl (C=O) groups excluding carboxylic acids is 2. The molecule has 1 saturated heterocycles. The third-order valence-corrected chi connectivity index (χ3v) is 4.50. The molecule has 2 aromatic rings. The molecule has 3 amide bonds. The Morgan fingerprint density at radius 1 is 0.923 bits per heavy atom. The zero-order chi connectivity index (χ0) is 17.9. The van der Waals surface area contributed by atoms with Gasteiger partial charge in [0, 0.05) is 24.7 Å². The quantitative estimate of drug-likeness (QED) is 0.870. The minimum absolute atomic E-state index is 0.0125. The van der Waals surface area contributed by atoms with Crippen molar-refractivity contribution in [3.8, 4) is 11.5 Å². The van der Waals surface area contributed by atoms with Crippen LogP contribution in [0.1, 0.15) is 19.3 Å². The van der Waals surface area contributed by atoms with Gasteiger partial charge in [-0.25, -0.2) is 4.79 Å². The fourth-order valence-electron chi connectivity index (χ4n) is 3.01. The third-order valence-electron chi connectivity index (χ3n) is 4.50. The van der Waals surface area contributed by atoms with E-state index in [9.17, 15) is 9.59 Å². The molecule has 0 aromatic heterocycles. The van der Waals surface area contributed by atoms with Gasteiger partial charge in [-0.2, -0.15) is 0 Å². The Hall–Kier alpha value is -3.02. The van der Waals surface area contributed by atoms with Gasteiger partial charge in [0.25, 0.3) is 0 Å². The van der Waals surface area contributed by atoms with E-state index in [0.717, 1.165) is 24.3 Å². The van der Waals surface area contributed by atoms with Gasteiger partial charge in [-0.1, -0.05) is 18.2 Å². The summed E-state index contributed by atoms with van der Waals surface area (Å²) in [5, 5.41) is 5.77. The lowest BCUT2D eigenvalue weighted by molar-refractivity contribution is -0.117. The topological polar surface area (TPSA) is 70.7 Å². The molecule has 2 fully saturated rings. The molecule has 1 saturated carbocycles. The van der Waals surface area contributed by atoms with Crippen molar-refractivity contribution in [1.29, 1.82) is 0 Å². The van der Waals surface area contributed by atoms with Crippen LogP contribution < -0.4 is 20.3 Å². The summed E-state index contributed by atoms with van der Waals surface area (Å²) in [6, 6.07) is 16.9. The van der Waals surface area contributed by atoms with Crippen molar-refractivity contribution in [1.82, 2.24) is 10.6 Å². The number of rotatable bonds is 5. The van der Waals surface area contributed by atoms with Crippen molar-refractivity contribution in [2.75, 3.05) is 11.4 Å². The molecule has 0 radical (unpaired) electrons. The normalized spacial score (nSPS) is 19.3. The van der Waals surface area contributed by atoms with Crippen molar-refractivity contribution < 1.29 is 14.3 Å². The summed E-state index contributed by atoms with van der Waals surface area (Å²) in [6.45, 7) is 0.482. The molecule has 0 unspecified atom stereocenters. The predicted octanol–water partition coefficient (Wildman–Crippen LogP) is 3.05. The van der Waals surface area contributed by atoms with E-state index in [1.165, 1.54) is 0 Å². The Kier molecular flexibility index (Phi) is 4.48. The van der Waals surface area contributed by atoms with Crippen LogP contribution in [0.4, 0.5) is 10.5 Å². The van der Waals surface area contributed by atoms with Crippen LogP contribution in [0.15, 0.2) is 54.6 Å². The zero-order valence-electron chi connectivity index (χ0n) is 14.4. The fourth-order valence-corrected chi connectivity index (χ4v) is 3.01. The van der Waals surface area contributed by atoms with Crippen LogP contribution in [0.3, 0.4) is 0 Å². The molecule has 1 heterocycles. The summed E-state index contributed by atoms with van der Waals surface area (Å²) in [4.78, 5) is 25.9. The summed E-state index contributed by atoms with van der Waals surface area (Å²) in [7, 11) is 0. The monoisotopic (exact) mass is 351 g/mol. The molecule has 2 aliphatic rings. The first kappa shape index (κ1) is 16.4. The molecule has 1 aliphatic carbocycles. The molecule has 26 heavy (non-hydrogen) atoms. The average molecular weight is 351 g/mol. The summed E-state index contributed by atoms with van der Waals surface area (Å²) in [6.07, 6.45) is 2.40. The van der Waals surface area contributed by atoms with Crippen LogP contribution in [0.5, 0.6) is 11.5 Å². The Bertz CT molecular complexity index is 788. The Balaban J connectivity index is 1.36. The van der Waals surface area contributed by atoms with Gasteiger partial charge in [-0.3, -0.25) is 4.79 Å². The molecule has 0 spiro atoms. The second-order valence-corrected chi connectivity index (χ2v) is 6.71. The fraction of sp³-hybridized carbons (Fsp3) is 0.300. The number of urea groups is 1. The van der Waals surface area contributed by atoms with Gasteiger partial charge in [0.1, 0.15) is 11.5 Å². The number of ether oxygens (including phenoxy) is 1. The Morgan fingerprint density at radius 2 is 1.58 bits per heavy atom. The molecule has 134 valence electrons. The van der Waals surface area contributed by atoms with Crippen molar-refractivity contribution in [2.24, 2.45) is 0 Å². The molecule has 2 N–H and O–H groups in total. The minimum atomic E-state index is -0.182. The number of benzene rings is 2. The van der Waals surface area contributed by atoms with Gasteiger partial charge in [0.15, 0.2) is 0 Å². The summed E-state index contributed by atoms with van der Waals surface area (Å²) < 4.78 is 5.77. The van der Waals surface area contributed by atoms with Gasteiger partial charge >= 0.3 is 6.03 Å². The molecule has 2 aromatic carbocycles. The number of hydrogen-bond acceptors (Lipinski definition) is 3. The molecular formula is C20H21N3O3. The van der Waals surface area contributed by atoms with E-state index in [0.29, 0.717) is 24.8 Å². The Morgan fingerprint density at radius 3 is 2.27 bits per heavy atom. The van der Waals surface area contributed by atoms with Gasteiger partial charge in [-0.15, -0.1) is 0 Å². The second kappa shape index (κ2) is 7.07. The first-order valence-corrected chi connectivity index (χ1v) is 8.88. The number of hydrogen-bond donors (Lipinski definition) is 2. The third kappa shape index (κ3) is 3.96. The highest BCUT2D eigenvalue weighted by atomic mass is 16.5. The molecular weight excluding hydrogens is 330 g/mol. The number of anilines is 1. The number of para-hydroxylation sites is 1. The standard InChI is InChI=1S/C20H21N3O3/c24-19-12-15(22-20(25)21-14-6-7-14)13-23(19)16-8-10-18(11-9-16)26-17-4-2-1-3-5-17/h1-5,8-11,14-15H,6-7,12-13H2,(H2,21,22,25)/t15-/m0/s1. The number of nitrogens with zero attached hydrogens (tertiary/aromatic N) is 1.